The van der Waals surface area contributed by atoms with Gasteiger partial charge in [0.15, 0.2) is 0 Å². The Kier molecular flexibility index (Phi) is 7.46. The van der Waals surface area contributed by atoms with Crippen LogP contribution >= 0.6 is 7.79 Å². The van der Waals surface area contributed by atoms with Gasteiger partial charge in [0, 0.05) is 0 Å². The molecule has 1 spiro atoms. The second-order valence-electron chi connectivity index (χ2n) is 19.3. The number of allylic oxidation sites excluding steroid dienone is 5. The van der Waals surface area contributed by atoms with Crippen molar-refractivity contribution in [3.8, 4) is 28.3 Å². The first kappa shape index (κ1) is 34.9. The first-order valence-corrected chi connectivity index (χ1v) is 22.5. The molecule has 55 heavy (non-hydrogen) atoms. The third-order valence-electron chi connectivity index (χ3n) is 13.1. The van der Waals surface area contributed by atoms with E-state index in [9.17, 15) is 0 Å². The average Bonchev–Trinajstić information content (AvgIpc) is 3.65. The SMILES string of the molecule is CC(C)C1=C(n2c3[n+]4c5c(cccc52)-c2cccc5c2[PH]4(Oc2c-3cc(C(C)(C)C)cc2C(C)(C)C)[N+]2=C5C=CCC2)C(C(C)C)CC(c2ccccc2)=C1. The molecule has 0 bridgehead atoms. The van der Waals surface area contributed by atoms with Crippen LogP contribution in [0.2, 0.25) is 0 Å². The van der Waals surface area contributed by atoms with Crippen LogP contribution in [0.4, 0.5) is 0 Å². The Morgan fingerprint density at radius 1 is 0.800 bits per heavy atom. The van der Waals surface area contributed by atoms with Crippen LogP contribution in [0, 0.1) is 17.8 Å². The monoisotopic (exact) mass is 745 g/mol. The van der Waals surface area contributed by atoms with Crippen molar-refractivity contribution >= 4 is 41.1 Å². The van der Waals surface area contributed by atoms with Crippen LogP contribution in [0.15, 0.2) is 103 Å². The fourth-order valence-electron chi connectivity index (χ4n) is 10.4. The number of aromatic nitrogens is 2. The summed E-state index contributed by atoms with van der Waals surface area (Å²) in [7, 11) is -3.16. The summed E-state index contributed by atoms with van der Waals surface area (Å²) in [4.78, 5) is 0. The van der Waals surface area contributed by atoms with Crippen molar-refractivity contribution in [3.63, 3.8) is 0 Å². The summed E-state index contributed by atoms with van der Waals surface area (Å²) in [5.74, 6) is 3.47. The molecule has 1 aliphatic carbocycles. The number of hydrogen-bond donors (Lipinski definition) is 0. The summed E-state index contributed by atoms with van der Waals surface area (Å²) in [5, 5.41) is 1.42. The molecular formula is C50H56N3OP+2. The number of nitrogens with zero attached hydrogens (tertiary/aromatic N) is 3. The molecular weight excluding hydrogens is 690 g/mol. The fraction of sp³-hybridized carbons (Fsp3) is 0.360. The van der Waals surface area contributed by atoms with Crippen molar-refractivity contribution in [1.82, 2.24) is 4.57 Å². The van der Waals surface area contributed by atoms with E-state index in [2.05, 4.69) is 180 Å². The first-order valence-electron chi connectivity index (χ1n) is 20.7. The zero-order valence-electron chi connectivity index (χ0n) is 34.3. The van der Waals surface area contributed by atoms with Crippen molar-refractivity contribution in [2.24, 2.45) is 17.8 Å². The van der Waals surface area contributed by atoms with Crippen LogP contribution in [0.3, 0.4) is 0 Å². The molecule has 1 atom stereocenters. The van der Waals surface area contributed by atoms with E-state index in [0.717, 1.165) is 25.1 Å². The Morgan fingerprint density at radius 2 is 1.53 bits per heavy atom. The van der Waals surface area contributed by atoms with Crippen molar-refractivity contribution in [2.75, 3.05) is 6.54 Å². The van der Waals surface area contributed by atoms with Gasteiger partial charge in [0.2, 0.25) is 0 Å². The van der Waals surface area contributed by atoms with E-state index in [4.69, 9.17) is 4.52 Å². The second kappa shape index (κ2) is 11.7. The zero-order valence-corrected chi connectivity index (χ0v) is 35.3. The van der Waals surface area contributed by atoms with Gasteiger partial charge in [0.1, 0.15) is 0 Å². The predicted octanol–water partition coefficient (Wildman–Crippen LogP) is 11.6. The standard InChI is InChI=1S/C50H56N3OP/c1-30(2)38-26-33(32-18-12-11-13-19-32)27-39(31(3)4)44(38)52-43-24-17-20-35-36-21-16-22-37-42-23-14-15-25-51(42)55(47(36)37)53(45(35)43)48(52)40-28-34(49(5,6)7)29-41(46(40)54-55)50(8,9)10/h11-14,16-24,26,28-31,39,55H,15,25,27H2,1-10H3/q+2. The Hall–Kier alpha value is -4.53. The van der Waals surface area contributed by atoms with Gasteiger partial charge in [-0.05, 0) is 0 Å². The summed E-state index contributed by atoms with van der Waals surface area (Å²) >= 11 is 0. The fourth-order valence-corrected chi connectivity index (χ4v) is 15.0. The van der Waals surface area contributed by atoms with Gasteiger partial charge in [0.25, 0.3) is 0 Å². The predicted molar refractivity (Wildman–Crippen MR) is 233 cm³/mol. The average molecular weight is 746 g/mol. The number of para-hydroxylation sites is 1. The van der Waals surface area contributed by atoms with Gasteiger partial charge < -0.3 is 0 Å². The van der Waals surface area contributed by atoms with Crippen molar-refractivity contribution < 1.29 is 13.2 Å². The molecule has 0 saturated carbocycles. The minimum atomic E-state index is -3.16. The van der Waals surface area contributed by atoms with Crippen LogP contribution < -0.4 is 14.2 Å². The van der Waals surface area contributed by atoms with Gasteiger partial charge in [0.05, 0.1) is 0 Å². The molecule has 0 fully saturated rings. The number of hydrogen-bond acceptors (Lipinski definition) is 1. The van der Waals surface area contributed by atoms with Gasteiger partial charge in [-0.25, -0.2) is 0 Å². The van der Waals surface area contributed by atoms with Gasteiger partial charge in [-0.1, -0.05) is 0 Å². The van der Waals surface area contributed by atoms with Crippen LogP contribution in [-0.2, 0) is 10.8 Å². The minimum absolute atomic E-state index is 0.0434. The molecule has 5 heterocycles. The second-order valence-corrected chi connectivity index (χ2v) is 22.2. The molecule has 4 nitrogen and oxygen atoms in total. The molecule has 4 aromatic carbocycles. The van der Waals surface area contributed by atoms with E-state index in [1.165, 1.54) is 83.7 Å². The third-order valence-corrected chi connectivity index (χ3v) is 17.0. The van der Waals surface area contributed by atoms with E-state index in [1.807, 2.05) is 0 Å². The maximum absolute atomic E-state index is 8.13. The Balaban J connectivity index is 1.44. The van der Waals surface area contributed by atoms with Crippen LogP contribution in [0.5, 0.6) is 5.75 Å². The number of imidazole rings is 1. The third kappa shape index (κ3) is 4.73. The maximum atomic E-state index is 8.13. The van der Waals surface area contributed by atoms with Crippen molar-refractivity contribution in [2.45, 2.75) is 92.9 Å². The quantitative estimate of drug-likeness (QED) is 0.168. The molecule has 5 aliphatic rings. The van der Waals surface area contributed by atoms with E-state index >= 15 is 0 Å². The van der Waals surface area contributed by atoms with Crippen LogP contribution in [-0.4, -0.2) is 21.2 Å². The molecule has 0 amide bonds. The molecule has 1 aromatic heterocycles. The molecule has 0 saturated heterocycles. The summed E-state index contributed by atoms with van der Waals surface area (Å²) in [5.41, 5.74) is 17.3. The van der Waals surface area contributed by atoms with Gasteiger partial charge in [-0.2, -0.15) is 0 Å². The molecule has 1 unspecified atom stereocenters. The topological polar surface area (TPSA) is 21.0 Å². The molecule has 0 N–H and O–H groups in total. The summed E-state index contributed by atoms with van der Waals surface area (Å²) in [6, 6.07) is 30.2. The van der Waals surface area contributed by atoms with E-state index in [0.29, 0.717) is 17.8 Å². The zero-order chi connectivity index (χ0) is 38.3. The van der Waals surface area contributed by atoms with E-state index in [1.54, 1.807) is 0 Å². The van der Waals surface area contributed by atoms with Crippen LogP contribution in [0.1, 0.15) is 104 Å². The van der Waals surface area contributed by atoms with E-state index < -0.39 is 7.79 Å². The summed E-state index contributed by atoms with van der Waals surface area (Å²) in [6.45, 7) is 24.8. The molecule has 4 aliphatic heterocycles. The Bertz CT molecular complexity index is 2620. The van der Waals surface area contributed by atoms with Crippen LogP contribution in [0.25, 0.3) is 44.8 Å². The first-order chi connectivity index (χ1) is 26.2. The molecule has 280 valence electrons. The number of benzene rings is 4. The number of rotatable bonds is 4. The molecule has 5 heteroatoms. The molecule has 5 aromatic rings. The molecule has 10 rings (SSSR count). The van der Waals surface area contributed by atoms with E-state index in [-0.39, 0.29) is 10.8 Å². The number of fused-ring (bicyclic) bond motifs is 4. The van der Waals surface area contributed by atoms with Gasteiger partial charge in [-0.3, -0.25) is 0 Å². The summed E-state index contributed by atoms with van der Waals surface area (Å²) in [6.07, 6.45) is 9.33. The summed E-state index contributed by atoms with van der Waals surface area (Å²) < 4.78 is 16.4. The van der Waals surface area contributed by atoms with Crippen molar-refractivity contribution in [3.05, 3.63) is 125 Å². The normalized spacial score (nSPS) is 19.8. The van der Waals surface area contributed by atoms with Crippen molar-refractivity contribution in [1.29, 1.82) is 0 Å². The Labute approximate surface area is 328 Å². The Morgan fingerprint density at radius 3 is 2.24 bits per heavy atom. The molecule has 0 radical (unpaired) electrons. The van der Waals surface area contributed by atoms with Gasteiger partial charge in [-0.15, -0.1) is 0 Å². The van der Waals surface area contributed by atoms with Gasteiger partial charge >= 0.3 is 329 Å².